The quantitative estimate of drug-likeness (QED) is 0.711. The SMILES string of the molecule is CCCC(N)=O.CCc1c[nH+]c[nH]1. The van der Waals surface area contributed by atoms with Gasteiger partial charge in [-0.1, -0.05) is 13.8 Å². The van der Waals surface area contributed by atoms with Crippen molar-refractivity contribution in [3.8, 4) is 0 Å². The van der Waals surface area contributed by atoms with Crippen LogP contribution >= 0.6 is 0 Å². The Bertz CT molecular complexity index is 219. The molecule has 0 aliphatic rings. The van der Waals surface area contributed by atoms with Gasteiger partial charge < -0.3 is 5.73 Å². The molecular weight excluding hydrogens is 166 g/mol. The minimum atomic E-state index is -0.211. The van der Waals surface area contributed by atoms with Gasteiger partial charge in [0.2, 0.25) is 12.2 Å². The third kappa shape index (κ3) is 7.05. The van der Waals surface area contributed by atoms with E-state index >= 15 is 0 Å². The topological polar surface area (TPSA) is 73.0 Å². The highest BCUT2D eigenvalue weighted by atomic mass is 16.1. The molecule has 0 aromatic carbocycles. The zero-order chi connectivity index (χ0) is 10.1. The number of nitrogens with one attached hydrogen (secondary N) is 2. The number of imidazole rings is 1. The van der Waals surface area contributed by atoms with E-state index in [1.807, 2.05) is 19.4 Å². The third-order valence-electron chi connectivity index (χ3n) is 1.48. The van der Waals surface area contributed by atoms with Gasteiger partial charge in [0.25, 0.3) is 0 Å². The summed E-state index contributed by atoms with van der Waals surface area (Å²) in [5, 5.41) is 0. The zero-order valence-electron chi connectivity index (χ0n) is 8.26. The number of H-pyrrole nitrogens is 2. The van der Waals surface area contributed by atoms with Crippen LogP contribution in [0.25, 0.3) is 0 Å². The van der Waals surface area contributed by atoms with Gasteiger partial charge in [-0.25, -0.2) is 4.98 Å². The smallest absolute Gasteiger partial charge is 0.239 e. The maximum absolute atomic E-state index is 9.82. The summed E-state index contributed by atoms with van der Waals surface area (Å²) in [4.78, 5) is 15.8. The summed E-state index contributed by atoms with van der Waals surface area (Å²) in [5.74, 6) is -0.211. The molecule has 4 heteroatoms. The zero-order valence-corrected chi connectivity index (χ0v) is 8.26. The molecule has 0 saturated heterocycles. The molecule has 0 fully saturated rings. The Morgan fingerprint density at radius 3 is 2.46 bits per heavy atom. The van der Waals surface area contributed by atoms with Gasteiger partial charge in [-0.2, -0.15) is 0 Å². The molecule has 4 N–H and O–H groups in total. The first kappa shape index (κ1) is 11.7. The summed E-state index contributed by atoms with van der Waals surface area (Å²) >= 11 is 0. The number of aryl methyl sites for hydroxylation is 1. The molecule has 0 spiro atoms. The lowest BCUT2D eigenvalue weighted by molar-refractivity contribution is -0.376. The first-order chi connectivity index (χ1) is 6.20. The van der Waals surface area contributed by atoms with Crippen LogP contribution in [0.15, 0.2) is 12.5 Å². The van der Waals surface area contributed by atoms with Crippen LogP contribution < -0.4 is 10.7 Å². The molecule has 0 atom stereocenters. The second-order valence-corrected chi connectivity index (χ2v) is 2.69. The average Bonchev–Trinajstić information content (AvgIpc) is 2.56. The Morgan fingerprint density at radius 1 is 1.62 bits per heavy atom. The van der Waals surface area contributed by atoms with Crippen LogP contribution in [0.4, 0.5) is 0 Å². The summed E-state index contributed by atoms with van der Waals surface area (Å²) in [6, 6.07) is 0. The van der Waals surface area contributed by atoms with E-state index in [1.165, 1.54) is 5.69 Å². The molecule has 1 amide bonds. The maximum atomic E-state index is 9.82. The number of aromatic nitrogens is 2. The number of carbonyl (C=O) groups excluding carboxylic acids is 1. The number of nitrogens with two attached hydrogens (primary N) is 1. The van der Waals surface area contributed by atoms with Crippen LogP contribution in [0.5, 0.6) is 0 Å². The molecule has 13 heavy (non-hydrogen) atoms. The fourth-order valence-corrected chi connectivity index (χ4v) is 0.769. The predicted molar refractivity (Wildman–Crippen MR) is 50.8 cm³/mol. The van der Waals surface area contributed by atoms with E-state index in [0.717, 1.165) is 12.8 Å². The van der Waals surface area contributed by atoms with Gasteiger partial charge in [-0.05, 0) is 6.42 Å². The minimum Gasteiger partial charge on any atom is -0.370 e. The van der Waals surface area contributed by atoms with Gasteiger partial charge in [0.05, 0.1) is 0 Å². The molecule has 74 valence electrons. The van der Waals surface area contributed by atoms with Crippen LogP contribution in [0.3, 0.4) is 0 Å². The van der Waals surface area contributed by atoms with E-state index in [2.05, 4.69) is 16.9 Å². The highest BCUT2D eigenvalue weighted by Gasteiger charge is 1.89. The van der Waals surface area contributed by atoms with Crippen molar-refractivity contribution in [3.63, 3.8) is 0 Å². The number of carbonyl (C=O) groups is 1. The largest absolute Gasteiger partial charge is 0.370 e. The summed E-state index contributed by atoms with van der Waals surface area (Å²) in [6.45, 7) is 4.03. The second kappa shape index (κ2) is 7.34. The number of aromatic amines is 2. The highest BCUT2D eigenvalue weighted by molar-refractivity contribution is 5.73. The van der Waals surface area contributed by atoms with Gasteiger partial charge in [-0.15, -0.1) is 0 Å². The lowest BCUT2D eigenvalue weighted by Crippen LogP contribution is -2.08. The van der Waals surface area contributed by atoms with Crippen molar-refractivity contribution in [1.29, 1.82) is 0 Å². The molecule has 1 heterocycles. The first-order valence-electron chi connectivity index (χ1n) is 4.52. The summed E-state index contributed by atoms with van der Waals surface area (Å²) < 4.78 is 0. The molecular formula is C9H18N3O+. The molecule has 0 bridgehead atoms. The number of amides is 1. The van der Waals surface area contributed by atoms with Crippen molar-refractivity contribution in [2.45, 2.75) is 33.1 Å². The van der Waals surface area contributed by atoms with E-state index in [1.54, 1.807) is 0 Å². The summed E-state index contributed by atoms with van der Waals surface area (Å²) in [5.41, 5.74) is 6.01. The molecule has 0 unspecified atom stereocenters. The van der Waals surface area contributed by atoms with Gasteiger partial charge in [-0.3, -0.25) is 9.78 Å². The fraction of sp³-hybridized carbons (Fsp3) is 0.556. The first-order valence-corrected chi connectivity index (χ1v) is 4.52. The van der Waals surface area contributed by atoms with Gasteiger partial charge >= 0.3 is 0 Å². The van der Waals surface area contributed by atoms with Gasteiger partial charge in [0.1, 0.15) is 11.9 Å². The number of primary amides is 1. The number of hydrogen-bond donors (Lipinski definition) is 2. The molecule has 0 aliphatic carbocycles. The predicted octanol–water partition coefficient (Wildman–Crippen LogP) is 0.663. The van der Waals surface area contributed by atoms with Crippen LogP contribution in [0, 0.1) is 0 Å². The van der Waals surface area contributed by atoms with Crippen LogP contribution in [-0.4, -0.2) is 10.9 Å². The third-order valence-corrected chi connectivity index (χ3v) is 1.48. The fourth-order valence-electron chi connectivity index (χ4n) is 0.769. The van der Waals surface area contributed by atoms with Crippen LogP contribution in [0.2, 0.25) is 0 Å². The Balaban J connectivity index is 0.000000226. The molecule has 0 radical (unpaired) electrons. The Hall–Kier alpha value is -1.32. The van der Waals surface area contributed by atoms with Crippen molar-refractivity contribution >= 4 is 5.91 Å². The van der Waals surface area contributed by atoms with Gasteiger partial charge in [0.15, 0.2) is 0 Å². The molecule has 1 aromatic rings. The molecule has 1 aromatic heterocycles. The van der Waals surface area contributed by atoms with Crippen molar-refractivity contribution < 1.29 is 9.78 Å². The van der Waals surface area contributed by atoms with Crippen molar-refractivity contribution in [2.75, 3.05) is 0 Å². The molecule has 0 saturated carbocycles. The van der Waals surface area contributed by atoms with Gasteiger partial charge in [0, 0.05) is 12.8 Å². The summed E-state index contributed by atoms with van der Waals surface area (Å²) in [7, 11) is 0. The minimum absolute atomic E-state index is 0.211. The Morgan fingerprint density at radius 2 is 2.31 bits per heavy atom. The van der Waals surface area contributed by atoms with Crippen molar-refractivity contribution in [3.05, 3.63) is 18.2 Å². The molecule has 0 aliphatic heterocycles. The van der Waals surface area contributed by atoms with Crippen LogP contribution in [-0.2, 0) is 11.2 Å². The number of rotatable bonds is 3. The normalized spacial score (nSPS) is 8.77. The molecule has 4 nitrogen and oxygen atoms in total. The standard InChI is InChI=1S/C5H8N2.C4H9NO/c1-2-5-3-6-4-7-5;1-2-3-4(5)6/h3-4H,2H2,1H3,(H,6,7);2-3H2,1H3,(H2,5,6)/p+1. The molecule has 1 rings (SSSR count). The monoisotopic (exact) mass is 184 g/mol. The average molecular weight is 184 g/mol. The van der Waals surface area contributed by atoms with Crippen molar-refractivity contribution in [1.82, 2.24) is 4.98 Å². The lowest BCUT2D eigenvalue weighted by atomic mass is 10.3. The Kier molecular flexibility index (Phi) is 6.59. The second-order valence-electron chi connectivity index (χ2n) is 2.69. The van der Waals surface area contributed by atoms with Crippen molar-refractivity contribution in [2.24, 2.45) is 5.73 Å². The highest BCUT2D eigenvalue weighted by Crippen LogP contribution is 1.84. The van der Waals surface area contributed by atoms with E-state index in [0.29, 0.717) is 6.42 Å². The van der Waals surface area contributed by atoms with Crippen LogP contribution in [0.1, 0.15) is 32.4 Å². The van der Waals surface area contributed by atoms with E-state index in [-0.39, 0.29) is 5.91 Å². The van der Waals surface area contributed by atoms with E-state index < -0.39 is 0 Å². The van der Waals surface area contributed by atoms with E-state index in [9.17, 15) is 4.79 Å². The van der Waals surface area contributed by atoms with E-state index in [4.69, 9.17) is 5.73 Å². The number of hydrogen-bond acceptors (Lipinski definition) is 1. The Labute approximate surface area is 78.6 Å². The maximum Gasteiger partial charge on any atom is 0.239 e. The summed E-state index contributed by atoms with van der Waals surface area (Å²) in [6.07, 6.45) is 6.22. The lowest BCUT2D eigenvalue weighted by Gasteiger charge is -1.81.